The van der Waals surface area contributed by atoms with Crippen LogP contribution in [0, 0.1) is 11.1 Å². The van der Waals surface area contributed by atoms with Gasteiger partial charge >= 0.3 is 5.97 Å². The third kappa shape index (κ3) is 3.58. The van der Waals surface area contributed by atoms with E-state index in [-0.39, 0.29) is 49.4 Å². The highest BCUT2D eigenvalue weighted by atomic mass is 16.7. The van der Waals surface area contributed by atoms with Crippen LogP contribution in [0.25, 0.3) is 0 Å². The van der Waals surface area contributed by atoms with E-state index in [1.165, 1.54) is 5.01 Å². The molecule has 2 amide bonds. The molecule has 0 unspecified atom stereocenters. The lowest BCUT2D eigenvalue weighted by Crippen LogP contribution is -2.40. The maximum atomic E-state index is 11.6. The lowest BCUT2D eigenvalue weighted by Gasteiger charge is -2.25. The number of hydrogen-bond acceptors (Lipinski definition) is 6. The number of hydrogen-bond donors (Lipinski definition) is 1. The number of carboxylic acids is 1. The largest absolute Gasteiger partial charge is 0.569 e. The second kappa shape index (κ2) is 6.37. The molecule has 0 bridgehead atoms. The van der Waals surface area contributed by atoms with Crippen LogP contribution in [0.15, 0.2) is 5.28 Å². The molecule has 0 atom stereocenters. The third-order valence-corrected chi connectivity index (χ3v) is 3.53. The van der Waals surface area contributed by atoms with Crippen molar-refractivity contribution in [3.8, 4) is 0 Å². The fraction of sp³-hybridized carbons (Fsp3) is 0.727. The Kier molecular flexibility index (Phi) is 4.55. The monoisotopic (exact) mass is 300 g/mol. The number of hydrazine groups is 1. The van der Waals surface area contributed by atoms with Crippen molar-refractivity contribution in [3.63, 3.8) is 0 Å². The van der Waals surface area contributed by atoms with Gasteiger partial charge in [-0.3, -0.25) is 14.4 Å². The van der Waals surface area contributed by atoms with Crippen molar-refractivity contribution >= 4 is 17.8 Å². The Morgan fingerprint density at radius 3 is 2.43 bits per heavy atom. The summed E-state index contributed by atoms with van der Waals surface area (Å²) in [7, 11) is 0. The number of imide groups is 1. The summed E-state index contributed by atoms with van der Waals surface area (Å²) in [5.41, 5.74) is 0. The smallest absolute Gasteiger partial charge is 0.306 e. The van der Waals surface area contributed by atoms with Gasteiger partial charge in [0.25, 0.3) is 0 Å². The predicted molar refractivity (Wildman–Crippen MR) is 65.0 cm³/mol. The highest BCUT2D eigenvalue weighted by Gasteiger charge is 2.30. The molecule has 0 aliphatic carbocycles. The molecule has 10 nitrogen and oxygen atoms in total. The molecule has 2 fully saturated rings. The molecule has 2 saturated heterocycles. The number of piperidine rings is 1. The van der Waals surface area contributed by atoms with Crippen LogP contribution in [0.4, 0.5) is 0 Å². The molecule has 2 aliphatic rings. The van der Waals surface area contributed by atoms with Gasteiger partial charge < -0.3 is 15.2 Å². The SMILES string of the molecule is O=C(O)C1CCN(/[N+]([O-])=N/OCN2C(=O)CCC2=O)CC1. The molecule has 21 heavy (non-hydrogen) atoms. The van der Waals surface area contributed by atoms with Crippen molar-refractivity contribution in [1.82, 2.24) is 9.91 Å². The molecule has 10 heteroatoms. The van der Waals surface area contributed by atoms with E-state index in [0.29, 0.717) is 12.8 Å². The lowest BCUT2D eigenvalue weighted by molar-refractivity contribution is -0.713. The molecular formula is C11H16N4O6. The normalized spacial score (nSPS) is 21.0. The van der Waals surface area contributed by atoms with Crippen molar-refractivity contribution in [1.29, 1.82) is 0 Å². The van der Waals surface area contributed by atoms with Crippen LogP contribution < -0.4 is 0 Å². The molecular weight excluding hydrogens is 284 g/mol. The summed E-state index contributed by atoms with van der Waals surface area (Å²) in [6, 6.07) is 0. The van der Waals surface area contributed by atoms with Gasteiger partial charge in [-0.1, -0.05) is 0 Å². The zero-order valence-corrected chi connectivity index (χ0v) is 11.3. The second-order valence-corrected chi connectivity index (χ2v) is 4.87. The summed E-state index contributed by atoms with van der Waals surface area (Å²) in [4.78, 5) is 39.2. The molecule has 2 heterocycles. The van der Waals surface area contributed by atoms with Gasteiger partial charge in [0.15, 0.2) is 0 Å². The van der Waals surface area contributed by atoms with E-state index in [9.17, 15) is 19.6 Å². The molecule has 1 N–H and O–H groups in total. The van der Waals surface area contributed by atoms with Crippen molar-refractivity contribution in [3.05, 3.63) is 5.21 Å². The van der Waals surface area contributed by atoms with E-state index < -0.39 is 11.9 Å². The summed E-state index contributed by atoms with van der Waals surface area (Å²) in [6.45, 7) is 0.131. The lowest BCUT2D eigenvalue weighted by atomic mass is 9.98. The van der Waals surface area contributed by atoms with Gasteiger partial charge in [0.1, 0.15) is 0 Å². The highest BCUT2D eigenvalue weighted by Crippen LogP contribution is 2.17. The average molecular weight is 300 g/mol. The number of likely N-dealkylation sites (tertiary alicyclic amines) is 1. The molecule has 116 valence electrons. The first-order valence-corrected chi connectivity index (χ1v) is 6.60. The van der Waals surface area contributed by atoms with Crippen LogP contribution in [0.2, 0.25) is 0 Å². The number of rotatable bonds is 5. The summed E-state index contributed by atoms with van der Waals surface area (Å²) < 4.78 is 0. The molecule has 0 aromatic carbocycles. The predicted octanol–water partition coefficient (Wildman–Crippen LogP) is -0.301. The average Bonchev–Trinajstić information content (AvgIpc) is 2.79. The van der Waals surface area contributed by atoms with Crippen molar-refractivity contribution in [2.45, 2.75) is 25.7 Å². The maximum absolute atomic E-state index is 11.6. The molecule has 0 radical (unpaired) electrons. The first-order chi connectivity index (χ1) is 9.99. The van der Waals surface area contributed by atoms with E-state index >= 15 is 0 Å². The van der Waals surface area contributed by atoms with E-state index in [1.54, 1.807) is 0 Å². The van der Waals surface area contributed by atoms with E-state index in [1.807, 2.05) is 0 Å². The molecule has 0 saturated carbocycles. The molecule has 2 rings (SSSR count). The fourth-order valence-electron chi connectivity index (χ4n) is 2.24. The Labute approximate surface area is 120 Å². The van der Waals surface area contributed by atoms with Crippen LogP contribution in [0.5, 0.6) is 0 Å². The summed E-state index contributed by atoms with van der Waals surface area (Å²) in [5, 5.41) is 25.0. The zero-order valence-electron chi connectivity index (χ0n) is 11.3. The minimum absolute atomic E-state index is 0.145. The van der Waals surface area contributed by atoms with Gasteiger partial charge in [-0.2, -0.15) is 0 Å². The molecule has 2 aliphatic heterocycles. The minimum atomic E-state index is -0.869. The fourth-order valence-corrected chi connectivity index (χ4v) is 2.24. The Balaban J connectivity index is 1.78. The van der Waals surface area contributed by atoms with Gasteiger partial charge in [0, 0.05) is 12.8 Å². The van der Waals surface area contributed by atoms with Crippen molar-refractivity contribution in [2.24, 2.45) is 11.2 Å². The van der Waals surface area contributed by atoms with E-state index in [2.05, 4.69) is 5.28 Å². The van der Waals surface area contributed by atoms with Gasteiger partial charge in [0.2, 0.25) is 23.8 Å². The topological polar surface area (TPSA) is 126 Å². The minimum Gasteiger partial charge on any atom is -0.569 e. The van der Waals surface area contributed by atoms with Gasteiger partial charge in [-0.05, 0) is 12.8 Å². The third-order valence-electron chi connectivity index (χ3n) is 3.53. The number of carboxylic acid groups (broad SMARTS) is 1. The maximum Gasteiger partial charge on any atom is 0.306 e. The van der Waals surface area contributed by atoms with E-state index in [0.717, 1.165) is 4.90 Å². The van der Waals surface area contributed by atoms with Gasteiger partial charge in [-0.25, -0.2) is 4.90 Å². The highest BCUT2D eigenvalue weighted by molar-refractivity contribution is 6.01. The van der Waals surface area contributed by atoms with Crippen LogP contribution in [0.1, 0.15) is 25.7 Å². The summed E-state index contributed by atoms with van der Waals surface area (Å²) in [6.07, 6.45) is 0.997. The van der Waals surface area contributed by atoms with Crippen LogP contribution in [-0.4, -0.2) is 57.6 Å². The van der Waals surface area contributed by atoms with Crippen LogP contribution in [0.3, 0.4) is 0 Å². The second-order valence-electron chi connectivity index (χ2n) is 4.87. The Hall–Kier alpha value is -2.39. The quantitative estimate of drug-likeness (QED) is 0.319. The molecule has 0 aromatic rings. The zero-order chi connectivity index (χ0) is 15.4. The Bertz CT molecular complexity index is 455. The number of aliphatic carboxylic acids is 1. The summed E-state index contributed by atoms with van der Waals surface area (Å²) >= 11 is 0. The number of amides is 2. The van der Waals surface area contributed by atoms with Gasteiger partial charge in [-0.15, -0.1) is 5.01 Å². The molecule has 0 spiro atoms. The number of carbonyl (C=O) groups excluding carboxylic acids is 2. The standard InChI is InChI=1S/C11H16N4O6/c16-9-1-2-10(17)14(9)7-21-12-15(20)13-5-3-8(4-6-13)11(18)19/h8H,1-7H2,(H,18,19)/b15-12-. The first-order valence-electron chi connectivity index (χ1n) is 6.60. The van der Waals surface area contributed by atoms with Crippen molar-refractivity contribution in [2.75, 3.05) is 19.8 Å². The Morgan fingerprint density at radius 2 is 1.90 bits per heavy atom. The molecule has 0 aromatic heterocycles. The first kappa shape index (κ1) is 15.0. The van der Waals surface area contributed by atoms with Crippen LogP contribution in [-0.2, 0) is 19.2 Å². The van der Waals surface area contributed by atoms with E-state index in [4.69, 9.17) is 9.94 Å². The van der Waals surface area contributed by atoms with Crippen molar-refractivity contribution < 1.29 is 29.3 Å². The summed E-state index contributed by atoms with van der Waals surface area (Å²) in [5.74, 6) is -2.02. The number of carbonyl (C=O) groups is 3. The number of nitrogens with zero attached hydrogens (tertiary/aromatic N) is 4. The Morgan fingerprint density at radius 1 is 1.33 bits per heavy atom. The van der Waals surface area contributed by atoms with Gasteiger partial charge in [0.05, 0.1) is 24.0 Å². The van der Waals surface area contributed by atoms with Crippen LogP contribution >= 0.6 is 0 Å².